The van der Waals surface area contributed by atoms with E-state index in [1.165, 1.54) is 10.9 Å². The highest BCUT2D eigenvalue weighted by Gasteiger charge is 2.18. The number of aromatic nitrogens is 3. The van der Waals surface area contributed by atoms with E-state index in [1.54, 1.807) is 12.1 Å². The standard InChI is InChI=1S/C16H13ClN4O2/c1-10-2-4-11(5-3-10)19-16-15-12(6-7-13(17)20-15)21(9-18-16)8-14(22)23/h2-7,9H,8H2,1H3,(H,22,23)/p+1. The molecule has 0 amide bonds. The summed E-state index contributed by atoms with van der Waals surface area (Å²) in [6, 6.07) is 11.2. The smallest absolute Gasteiger partial charge is 0.346 e. The van der Waals surface area contributed by atoms with Gasteiger partial charge in [-0.3, -0.25) is 0 Å². The molecule has 0 aliphatic heterocycles. The van der Waals surface area contributed by atoms with Gasteiger partial charge in [-0.15, -0.1) is 0 Å². The third kappa shape index (κ3) is 3.37. The summed E-state index contributed by atoms with van der Waals surface area (Å²) in [5.74, 6) is -0.430. The highest BCUT2D eigenvalue weighted by atomic mass is 35.5. The maximum Gasteiger partial charge on any atom is 0.346 e. The molecular weight excluding hydrogens is 316 g/mol. The third-order valence-corrected chi connectivity index (χ3v) is 3.53. The molecule has 3 aromatic rings. The van der Waals surface area contributed by atoms with Crippen LogP contribution in [0, 0.1) is 6.92 Å². The highest BCUT2D eigenvalue weighted by molar-refractivity contribution is 6.29. The first-order valence-corrected chi connectivity index (χ1v) is 7.31. The van der Waals surface area contributed by atoms with Crippen LogP contribution >= 0.6 is 11.6 Å². The predicted molar refractivity (Wildman–Crippen MR) is 86.8 cm³/mol. The first kappa shape index (κ1) is 15.2. The van der Waals surface area contributed by atoms with Gasteiger partial charge in [0.1, 0.15) is 5.15 Å². The van der Waals surface area contributed by atoms with Crippen molar-refractivity contribution >= 4 is 40.1 Å². The van der Waals surface area contributed by atoms with E-state index >= 15 is 0 Å². The van der Waals surface area contributed by atoms with Crippen LogP contribution in [0.4, 0.5) is 11.5 Å². The molecule has 0 saturated carbocycles. The number of hydrogen-bond donors (Lipinski definition) is 2. The van der Waals surface area contributed by atoms with Crippen LogP contribution in [0.2, 0.25) is 5.15 Å². The van der Waals surface area contributed by atoms with E-state index in [0.29, 0.717) is 22.0 Å². The summed E-state index contributed by atoms with van der Waals surface area (Å²) in [6.45, 7) is 1.81. The van der Waals surface area contributed by atoms with Crippen molar-refractivity contribution in [2.45, 2.75) is 13.5 Å². The Morgan fingerprint density at radius 1 is 1.26 bits per heavy atom. The summed E-state index contributed by atoms with van der Waals surface area (Å²) in [5, 5.41) is 12.5. The molecule has 0 unspecified atom stereocenters. The van der Waals surface area contributed by atoms with Crippen LogP contribution in [-0.4, -0.2) is 21.0 Å². The second kappa shape index (κ2) is 6.18. The van der Waals surface area contributed by atoms with Crippen molar-refractivity contribution in [1.82, 2.24) is 9.97 Å². The van der Waals surface area contributed by atoms with Crippen molar-refractivity contribution < 1.29 is 14.5 Å². The molecule has 0 radical (unpaired) electrons. The fourth-order valence-corrected chi connectivity index (χ4v) is 2.37. The van der Waals surface area contributed by atoms with Crippen LogP contribution < -0.4 is 9.88 Å². The monoisotopic (exact) mass is 329 g/mol. The molecule has 0 atom stereocenters. The molecule has 1 aromatic carbocycles. The maximum atomic E-state index is 11.0. The van der Waals surface area contributed by atoms with Gasteiger partial charge < -0.3 is 10.4 Å². The molecule has 23 heavy (non-hydrogen) atoms. The van der Waals surface area contributed by atoms with E-state index in [9.17, 15) is 4.79 Å². The van der Waals surface area contributed by atoms with E-state index in [4.69, 9.17) is 16.7 Å². The molecule has 7 heteroatoms. The van der Waals surface area contributed by atoms with Gasteiger partial charge in [0.25, 0.3) is 12.1 Å². The molecule has 2 aromatic heterocycles. The van der Waals surface area contributed by atoms with Gasteiger partial charge in [0, 0.05) is 5.69 Å². The molecule has 6 nitrogen and oxygen atoms in total. The maximum absolute atomic E-state index is 11.0. The second-order valence-electron chi connectivity index (χ2n) is 5.11. The Bertz CT molecular complexity index is 881. The van der Waals surface area contributed by atoms with Gasteiger partial charge in [-0.25, -0.2) is 14.3 Å². The van der Waals surface area contributed by atoms with E-state index < -0.39 is 5.97 Å². The van der Waals surface area contributed by atoms with E-state index in [0.717, 1.165) is 11.3 Å². The third-order valence-electron chi connectivity index (χ3n) is 3.32. The van der Waals surface area contributed by atoms with Crippen molar-refractivity contribution in [2.24, 2.45) is 0 Å². The van der Waals surface area contributed by atoms with Crippen LogP contribution in [0.5, 0.6) is 0 Å². The first-order chi connectivity index (χ1) is 11.0. The van der Waals surface area contributed by atoms with Gasteiger partial charge in [-0.2, -0.15) is 0 Å². The zero-order chi connectivity index (χ0) is 16.4. The molecule has 0 aliphatic carbocycles. The minimum Gasteiger partial charge on any atom is -0.478 e. The van der Waals surface area contributed by atoms with Gasteiger partial charge >= 0.3 is 5.97 Å². The largest absolute Gasteiger partial charge is 0.478 e. The zero-order valence-corrected chi connectivity index (χ0v) is 13.1. The number of nitrogens with one attached hydrogen (secondary N) is 1. The minimum atomic E-state index is -0.952. The molecular formula is C16H14ClN4O2+. The quantitative estimate of drug-likeness (QED) is 0.568. The molecule has 0 saturated heterocycles. The molecule has 0 aliphatic rings. The van der Waals surface area contributed by atoms with Gasteiger partial charge in [-0.05, 0) is 36.2 Å². The summed E-state index contributed by atoms with van der Waals surface area (Å²) in [7, 11) is 0. The van der Waals surface area contributed by atoms with Crippen molar-refractivity contribution in [3.8, 4) is 0 Å². The molecule has 116 valence electrons. The van der Waals surface area contributed by atoms with Gasteiger partial charge in [0.05, 0.1) is 0 Å². The number of carboxylic acids is 1. The van der Waals surface area contributed by atoms with Crippen LogP contribution in [-0.2, 0) is 11.3 Å². The van der Waals surface area contributed by atoms with E-state index in [1.807, 2.05) is 31.2 Å². The Labute approximate surface area is 137 Å². The van der Waals surface area contributed by atoms with Crippen LogP contribution in [0.1, 0.15) is 5.56 Å². The first-order valence-electron chi connectivity index (χ1n) is 6.93. The van der Waals surface area contributed by atoms with Crippen molar-refractivity contribution in [3.63, 3.8) is 0 Å². The van der Waals surface area contributed by atoms with Crippen molar-refractivity contribution in [3.05, 3.63) is 53.4 Å². The molecule has 0 fully saturated rings. The van der Waals surface area contributed by atoms with Crippen molar-refractivity contribution in [1.29, 1.82) is 0 Å². The average molecular weight is 330 g/mol. The molecule has 2 N–H and O–H groups in total. The Morgan fingerprint density at radius 3 is 2.70 bits per heavy atom. The summed E-state index contributed by atoms with van der Waals surface area (Å²) >= 11 is 5.98. The number of aliphatic carboxylic acids is 1. The van der Waals surface area contributed by atoms with Crippen molar-refractivity contribution in [2.75, 3.05) is 5.32 Å². The fourth-order valence-electron chi connectivity index (χ4n) is 2.22. The predicted octanol–water partition coefficient (Wildman–Crippen LogP) is 2.71. The van der Waals surface area contributed by atoms with E-state index in [-0.39, 0.29) is 6.54 Å². The number of halogens is 1. The lowest BCUT2D eigenvalue weighted by molar-refractivity contribution is -0.662. The summed E-state index contributed by atoms with van der Waals surface area (Å²) < 4.78 is 1.52. The molecule has 0 spiro atoms. The lowest BCUT2D eigenvalue weighted by Gasteiger charge is -2.06. The normalized spacial score (nSPS) is 10.7. The van der Waals surface area contributed by atoms with Gasteiger partial charge in [0.2, 0.25) is 0 Å². The average Bonchev–Trinajstić information content (AvgIpc) is 2.51. The lowest BCUT2D eigenvalue weighted by Crippen LogP contribution is -2.39. The summed E-state index contributed by atoms with van der Waals surface area (Å²) in [6.07, 6.45) is 1.47. The number of nitrogens with zero attached hydrogens (tertiary/aromatic N) is 3. The Hall–Kier alpha value is -2.73. The summed E-state index contributed by atoms with van der Waals surface area (Å²) in [4.78, 5) is 19.5. The van der Waals surface area contributed by atoms with Crippen LogP contribution in [0.25, 0.3) is 11.0 Å². The second-order valence-corrected chi connectivity index (χ2v) is 5.49. The Kier molecular flexibility index (Phi) is 4.08. The number of hydrogen-bond acceptors (Lipinski definition) is 4. The highest BCUT2D eigenvalue weighted by Crippen LogP contribution is 2.22. The summed E-state index contributed by atoms with van der Waals surface area (Å²) in [5.41, 5.74) is 3.17. The molecule has 0 bridgehead atoms. The number of anilines is 2. The van der Waals surface area contributed by atoms with E-state index in [2.05, 4.69) is 15.3 Å². The SMILES string of the molecule is Cc1ccc(Nc2nc[n+](CC(=O)O)c3ccc(Cl)nc23)cc1. The van der Waals surface area contributed by atoms with Crippen LogP contribution in [0.3, 0.4) is 0 Å². The number of carbonyl (C=O) groups is 1. The number of pyridine rings is 1. The number of aryl methyl sites for hydroxylation is 1. The Balaban J connectivity index is 2.08. The number of rotatable bonds is 4. The number of fused-ring (bicyclic) bond motifs is 1. The molecule has 2 heterocycles. The Morgan fingerprint density at radius 2 is 2.00 bits per heavy atom. The van der Waals surface area contributed by atoms with Gasteiger partial charge in [-0.1, -0.05) is 29.3 Å². The minimum absolute atomic E-state index is 0.197. The van der Waals surface area contributed by atoms with Gasteiger partial charge in [0.15, 0.2) is 17.6 Å². The molecule has 3 rings (SSSR count). The zero-order valence-electron chi connectivity index (χ0n) is 12.3. The fraction of sp³-hybridized carbons (Fsp3) is 0.125. The lowest BCUT2D eigenvalue weighted by atomic mass is 10.2. The number of benzene rings is 1. The topological polar surface area (TPSA) is 79.0 Å². The number of carboxylic acid groups (broad SMARTS) is 1. The van der Waals surface area contributed by atoms with Crippen LogP contribution in [0.15, 0.2) is 42.7 Å².